The molecular weight excluding hydrogens is 362 g/mol. The molecule has 0 saturated heterocycles. The molecule has 27 heavy (non-hydrogen) atoms. The van der Waals surface area contributed by atoms with Crippen molar-refractivity contribution in [1.29, 1.82) is 0 Å². The summed E-state index contributed by atoms with van der Waals surface area (Å²) in [4.78, 5) is 27.4. The minimum absolute atomic E-state index is 0.176. The molecule has 0 spiro atoms. The van der Waals surface area contributed by atoms with Crippen molar-refractivity contribution in [3.8, 4) is 10.8 Å². The summed E-state index contributed by atoms with van der Waals surface area (Å²) in [6, 6.07) is 17.4. The number of aromatic nitrogens is 2. The zero-order valence-corrected chi connectivity index (χ0v) is 15.5. The zero-order valence-electron chi connectivity index (χ0n) is 14.7. The molecule has 0 unspecified atom stereocenters. The fraction of sp³-hybridized carbons (Fsp3) is 0.150. The van der Waals surface area contributed by atoms with Crippen LogP contribution in [-0.2, 0) is 11.3 Å². The van der Waals surface area contributed by atoms with E-state index in [0.717, 1.165) is 26.0 Å². The van der Waals surface area contributed by atoms with E-state index in [1.54, 1.807) is 4.90 Å². The highest BCUT2D eigenvalue weighted by atomic mass is 32.1. The number of benzene rings is 2. The highest BCUT2D eigenvalue weighted by Crippen LogP contribution is 2.27. The summed E-state index contributed by atoms with van der Waals surface area (Å²) in [5, 5.41) is 8.08. The van der Waals surface area contributed by atoms with E-state index >= 15 is 0 Å². The fourth-order valence-electron chi connectivity index (χ4n) is 3.04. The van der Waals surface area contributed by atoms with E-state index in [-0.39, 0.29) is 18.3 Å². The van der Waals surface area contributed by atoms with Gasteiger partial charge >= 0.3 is 5.76 Å². The summed E-state index contributed by atoms with van der Waals surface area (Å²) in [6.45, 7) is 2.21. The number of carbonyl (C=O) groups excluding carboxylic acids is 1. The third kappa shape index (κ3) is 3.29. The number of rotatable bonds is 5. The van der Waals surface area contributed by atoms with Gasteiger partial charge in [0.05, 0.1) is 10.6 Å². The minimum atomic E-state index is -0.638. The molecule has 4 aromatic rings. The lowest BCUT2D eigenvalue weighted by molar-refractivity contribution is -0.119. The zero-order chi connectivity index (χ0) is 18.8. The molecule has 0 saturated carbocycles. The maximum Gasteiger partial charge on any atom is 0.437 e. The van der Waals surface area contributed by atoms with Crippen LogP contribution in [0.2, 0.25) is 0 Å². The van der Waals surface area contributed by atoms with Crippen LogP contribution in [0.4, 0.5) is 5.69 Å². The van der Waals surface area contributed by atoms with Crippen LogP contribution in [0.1, 0.15) is 6.92 Å². The Hall–Kier alpha value is -3.19. The van der Waals surface area contributed by atoms with Crippen LogP contribution >= 0.6 is 11.3 Å². The average molecular weight is 379 g/mol. The molecular formula is C20H17N3O3S. The van der Waals surface area contributed by atoms with E-state index in [0.29, 0.717) is 6.54 Å². The molecule has 0 bridgehead atoms. The third-order valence-electron chi connectivity index (χ3n) is 4.30. The Morgan fingerprint density at radius 3 is 2.74 bits per heavy atom. The molecule has 2 aromatic carbocycles. The van der Waals surface area contributed by atoms with Gasteiger partial charge in [0.15, 0.2) is 0 Å². The van der Waals surface area contributed by atoms with Gasteiger partial charge in [-0.15, -0.1) is 16.4 Å². The van der Waals surface area contributed by atoms with Crippen LogP contribution < -0.4 is 10.7 Å². The summed E-state index contributed by atoms with van der Waals surface area (Å²) in [6.07, 6.45) is 0. The lowest BCUT2D eigenvalue weighted by Gasteiger charge is -2.22. The van der Waals surface area contributed by atoms with Gasteiger partial charge in [0.1, 0.15) is 6.54 Å². The molecule has 0 fully saturated rings. The molecule has 0 radical (unpaired) electrons. The highest BCUT2D eigenvalue weighted by Gasteiger charge is 2.20. The van der Waals surface area contributed by atoms with Gasteiger partial charge < -0.3 is 9.32 Å². The topological polar surface area (TPSA) is 68.3 Å². The lowest BCUT2D eigenvalue weighted by Crippen LogP contribution is -2.36. The molecule has 136 valence electrons. The maximum atomic E-state index is 12.9. The standard InChI is InChI=1S/C20H17N3O3S/c1-2-22(16-10-5-8-14-7-3-4-9-15(14)16)18(24)13-23-20(25)26-19(21-23)17-11-6-12-27-17/h3-12H,2,13H2,1H3. The Morgan fingerprint density at radius 2 is 1.96 bits per heavy atom. The molecule has 1 amide bonds. The van der Waals surface area contributed by atoms with Crippen LogP contribution in [-0.4, -0.2) is 22.2 Å². The fourth-order valence-corrected chi connectivity index (χ4v) is 3.69. The molecule has 0 N–H and O–H groups in total. The van der Waals surface area contributed by atoms with E-state index in [4.69, 9.17) is 4.42 Å². The van der Waals surface area contributed by atoms with Gasteiger partial charge in [-0.25, -0.2) is 4.79 Å². The third-order valence-corrected chi connectivity index (χ3v) is 5.16. The van der Waals surface area contributed by atoms with Crippen molar-refractivity contribution in [3.05, 3.63) is 70.5 Å². The van der Waals surface area contributed by atoms with E-state index in [9.17, 15) is 9.59 Å². The Morgan fingerprint density at radius 1 is 1.15 bits per heavy atom. The van der Waals surface area contributed by atoms with Crippen LogP contribution in [0.3, 0.4) is 0 Å². The molecule has 0 aliphatic heterocycles. The first kappa shape index (κ1) is 17.2. The number of nitrogens with zero attached hydrogens (tertiary/aromatic N) is 3. The largest absolute Gasteiger partial charge is 0.437 e. The number of likely N-dealkylation sites (N-methyl/N-ethyl adjacent to an activating group) is 1. The molecule has 0 aliphatic carbocycles. The van der Waals surface area contributed by atoms with E-state index in [1.165, 1.54) is 11.3 Å². The molecule has 0 aliphatic rings. The Bertz CT molecular complexity index is 1140. The maximum absolute atomic E-state index is 12.9. The predicted octanol–water partition coefficient (Wildman–Crippen LogP) is 3.77. The number of thiophene rings is 1. The summed E-state index contributed by atoms with van der Waals surface area (Å²) < 4.78 is 6.26. The second-order valence-corrected chi connectivity index (χ2v) is 6.89. The molecule has 0 atom stereocenters. The Balaban J connectivity index is 1.64. The molecule has 2 aromatic heterocycles. The average Bonchev–Trinajstić information content (AvgIpc) is 3.33. The summed E-state index contributed by atoms with van der Waals surface area (Å²) in [5.41, 5.74) is 0.815. The van der Waals surface area contributed by atoms with Gasteiger partial charge in [0, 0.05) is 11.9 Å². The lowest BCUT2D eigenvalue weighted by atomic mass is 10.1. The van der Waals surface area contributed by atoms with Crippen molar-refractivity contribution in [1.82, 2.24) is 9.78 Å². The summed E-state index contributed by atoms with van der Waals surface area (Å²) in [7, 11) is 0. The van der Waals surface area contributed by atoms with Gasteiger partial charge in [0.25, 0.3) is 5.89 Å². The van der Waals surface area contributed by atoms with Crippen molar-refractivity contribution in [2.75, 3.05) is 11.4 Å². The number of hydrogen-bond acceptors (Lipinski definition) is 5. The first-order valence-electron chi connectivity index (χ1n) is 8.57. The smallest absolute Gasteiger partial charge is 0.387 e. The summed E-state index contributed by atoms with van der Waals surface area (Å²) in [5.74, 6) is -0.626. The second kappa shape index (κ2) is 7.20. The quantitative estimate of drug-likeness (QED) is 0.529. The molecule has 2 heterocycles. The molecule has 6 nitrogen and oxygen atoms in total. The highest BCUT2D eigenvalue weighted by molar-refractivity contribution is 7.13. The van der Waals surface area contributed by atoms with Crippen molar-refractivity contribution in [3.63, 3.8) is 0 Å². The Kier molecular flexibility index (Phi) is 4.60. The van der Waals surface area contributed by atoms with E-state index < -0.39 is 5.76 Å². The first-order chi connectivity index (χ1) is 13.2. The first-order valence-corrected chi connectivity index (χ1v) is 9.45. The normalized spacial score (nSPS) is 11.0. The van der Waals surface area contributed by atoms with Gasteiger partial charge in [-0.2, -0.15) is 4.68 Å². The van der Waals surface area contributed by atoms with Gasteiger partial charge in [0.2, 0.25) is 5.91 Å². The van der Waals surface area contributed by atoms with E-state index in [1.807, 2.05) is 66.9 Å². The van der Waals surface area contributed by atoms with Crippen molar-refractivity contribution >= 4 is 33.7 Å². The van der Waals surface area contributed by atoms with Crippen LogP contribution in [0, 0.1) is 0 Å². The van der Waals surface area contributed by atoms with Crippen LogP contribution in [0.5, 0.6) is 0 Å². The van der Waals surface area contributed by atoms with Crippen LogP contribution in [0.25, 0.3) is 21.5 Å². The number of carbonyl (C=O) groups is 1. The number of anilines is 1. The Labute approximate surface area is 159 Å². The van der Waals surface area contributed by atoms with Crippen molar-refractivity contribution < 1.29 is 9.21 Å². The van der Waals surface area contributed by atoms with Crippen LogP contribution in [0.15, 0.2) is 69.2 Å². The predicted molar refractivity (Wildman–Crippen MR) is 106 cm³/mol. The number of fused-ring (bicyclic) bond motifs is 1. The molecule has 7 heteroatoms. The van der Waals surface area contributed by atoms with Gasteiger partial charge in [-0.1, -0.05) is 42.5 Å². The van der Waals surface area contributed by atoms with Crippen molar-refractivity contribution in [2.45, 2.75) is 13.5 Å². The molecule has 4 rings (SSSR count). The van der Waals surface area contributed by atoms with E-state index in [2.05, 4.69) is 5.10 Å². The minimum Gasteiger partial charge on any atom is -0.387 e. The van der Waals surface area contributed by atoms with Gasteiger partial charge in [-0.05, 0) is 29.8 Å². The SMILES string of the molecule is CCN(C(=O)Cn1nc(-c2cccs2)oc1=O)c1cccc2ccccc12. The van der Waals surface area contributed by atoms with Gasteiger partial charge in [-0.3, -0.25) is 4.79 Å². The number of hydrogen-bond donors (Lipinski definition) is 0. The number of amides is 1. The second-order valence-electron chi connectivity index (χ2n) is 5.94. The summed E-state index contributed by atoms with van der Waals surface area (Å²) >= 11 is 1.42. The monoisotopic (exact) mass is 379 g/mol. The van der Waals surface area contributed by atoms with Crippen molar-refractivity contribution in [2.24, 2.45) is 0 Å².